The number of nitrogens with one attached hydrogen (secondary N) is 1. The van der Waals surface area contributed by atoms with E-state index in [1.165, 1.54) is 23.3 Å². The number of nitrogens with zero attached hydrogens (tertiary/aromatic N) is 1. The molecule has 0 fully saturated rings. The van der Waals surface area contributed by atoms with Crippen LogP contribution in [0.5, 0.6) is 5.75 Å². The van der Waals surface area contributed by atoms with Crippen molar-refractivity contribution < 1.29 is 19.6 Å². The topological polar surface area (TPSA) is 102 Å². The van der Waals surface area contributed by atoms with Crippen LogP contribution < -0.4 is 10.1 Å². The van der Waals surface area contributed by atoms with Crippen molar-refractivity contribution in [2.24, 2.45) is 0 Å². The van der Waals surface area contributed by atoms with Crippen molar-refractivity contribution >= 4 is 40.5 Å². The Hall–Kier alpha value is -3.29. The molecule has 0 aromatic heterocycles. The minimum absolute atomic E-state index is 0.0200. The average molecular weight is 503 g/mol. The summed E-state index contributed by atoms with van der Waals surface area (Å²) in [7, 11) is 0. The summed E-state index contributed by atoms with van der Waals surface area (Å²) >= 11 is 12.0. The van der Waals surface area contributed by atoms with Crippen LogP contribution in [-0.4, -0.2) is 22.7 Å². The number of aromatic carboxylic acids is 1. The van der Waals surface area contributed by atoms with Gasteiger partial charge in [-0.25, -0.2) is 4.79 Å². The van der Waals surface area contributed by atoms with E-state index in [2.05, 4.69) is 5.32 Å². The first-order valence-electron chi connectivity index (χ1n) is 10.7. The van der Waals surface area contributed by atoms with Crippen molar-refractivity contribution in [2.75, 3.05) is 12.0 Å². The first-order chi connectivity index (χ1) is 16.3. The van der Waals surface area contributed by atoms with Crippen LogP contribution in [0, 0.1) is 10.1 Å². The normalized spacial score (nSPS) is 10.6. The van der Waals surface area contributed by atoms with E-state index in [9.17, 15) is 20.0 Å². The van der Waals surface area contributed by atoms with Gasteiger partial charge in [0.15, 0.2) is 6.73 Å². The molecule has 9 heteroatoms. The lowest BCUT2D eigenvalue weighted by molar-refractivity contribution is -0.384. The second kappa shape index (κ2) is 12.3. The number of benzene rings is 3. The third-order valence-corrected chi connectivity index (χ3v) is 6.02. The molecule has 0 atom stereocenters. The first-order valence-corrected chi connectivity index (χ1v) is 11.5. The number of unbranched alkanes of at least 4 members (excludes halogenated alkanes) is 2. The molecular formula is C25H24Cl2N2O5. The van der Waals surface area contributed by atoms with Crippen LogP contribution in [0.2, 0.25) is 10.0 Å². The Kier molecular flexibility index (Phi) is 9.13. The van der Waals surface area contributed by atoms with E-state index < -0.39 is 10.9 Å². The SMILES string of the molecule is O=C(O)c1cc([N+](=O)[O-])ccc1OCNc1ccc(CCCCCc2ccc(Cl)c(Cl)c2)cc1. The van der Waals surface area contributed by atoms with Gasteiger partial charge in [0.25, 0.3) is 5.69 Å². The molecule has 0 spiro atoms. The van der Waals surface area contributed by atoms with Gasteiger partial charge in [-0.1, -0.05) is 47.8 Å². The molecule has 0 bridgehead atoms. The number of carbonyl (C=O) groups is 1. The van der Waals surface area contributed by atoms with Crippen LogP contribution in [0.1, 0.15) is 40.7 Å². The van der Waals surface area contributed by atoms with Gasteiger partial charge in [0.05, 0.1) is 15.0 Å². The predicted octanol–water partition coefficient (Wildman–Crippen LogP) is 7.00. The molecule has 3 aromatic rings. The molecule has 0 saturated carbocycles. The highest BCUT2D eigenvalue weighted by Crippen LogP contribution is 2.25. The number of non-ortho nitro benzene ring substituents is 1. The zero-order chi connectivity index (χ0) is 24.5. The molecule has 34 heavy (non-hydrogen) atoms. The third kappa shape index (κ3) is 7.37. The standard InChI is InChI=1S/C25H24Cl2N2O5/c26-22-12-8-18(14-23(22)27)5-3-1-2-4-17-6-9-19(10-7-17)28-16-34-24-13-11-20(29(32)33)15-21(24)25(30)31/h6-15,28H,1-5,16H2,(H,30,31). The van der Waals surface area contributed by atoms with Gasteiger partial charge in [-0.15, -0.1) is 0 Å². The van der Waals surface area contributed by atoms with Crippen LogP contribution in [0.15, 0.2) is 60.7 Å². The zero-order valence-corrected chi connectivity index (χ0v) is 19.8. The minimum atomic E-state index is -1.29. The Morgan fingerprint density at radius 3 is 2.24 bits per heavy atom. The summed E-state index contributed by atoms with van der Waals surface area (Å²) in [6, 6.07) is 17.2. The first kappa shape index (κ1) is 25.3. The highest BCUT2D eigenvalue weighted by atomic mass is 35.5. The molecule has 3 aromatic carbocycles. The average Bonchev–Trinajstić information content (AvgIpc) is 2.82. The lowest BCUT2D eigenvalue weighted by Gasteiger charge is -2.11. The number of rotatable bonds is 12. The molecule has 2 N–H and O–H groups in total. The van der Waals surface area contributed by atoms with Crippen molar-refractivity contribution in [3.63, 3.8) is 0 Å². The zero-order valence-electron chi connectivity index (χ0n) is 18.3. The van der Waals surface area contributed by atoms with E-state index in [0.29, 0.717) is 10.0 Å². The van der Waals surface area contributed by atoms with E-state index >= 15 is 0 Å². The minimum Gasteiger partial charge on any atom is -0.478 e. The Bertz CT molecular complexity index is 1150. The molecule has 0 saturated heterocycles. The van der Waals surface area contributed by atoms with E-state index in [4.69, 9.17) is 27.9 Å². The van der Waals surface area contributed by atoms with Gasteiger partial charge in [-0.2, -0.15) is 0 Å². The lowest BCUT2D eigenvalue weighted by atomic mass is 10.0. The van der Waals surface area contributed by atoms with E-state index in [0.717, 1.165) is 43.9 Å². The quantitative estimate of drug-likeness (QED) is 0.119. The number of nitro benzene ring substituents is 1. The Morgan fingerprint density at radius 2 is 1.59 bits per heavy atom. The second-order valence-corrected chi connectivity index (χ2v) is 8.53. The van der Waals surface area contributed by atoms with Crippen molar-refractivity contribution in [3.8, 4) is 5.75 Å². The summed E-state index contributed by atoms with van der Waals surface area (Å²) in [4.78, 5) is 21.6. The van der Waals surface area contributed by atoms with Crippen molar-refractivity contribution in [3.05, 3.63) is 97.5 Å². The molecule has 7 nitrogen and oxygen atoms in total. The summed E-state index contributed by atoms with van der Waals surface area (Å²) in [5, 5.41) is 24.3. The molecule has 0 unspecified atom stereocenters. The molecule has 0 aliphatic rings. The highest BCUT2D eigenvalue weighted by molar-refractivity contribution is 6.42. The van der Waals surface area contributed by atoms with Crippen LogP contribution in [0.25, 0.3) is 0 Å². The number of carboxylic acid groups (broad SMARTS) is 1. The Labute approximate surface area is 207 Å². The maximum Gasteiger partial charge on any atom is 0.339 e. The summed E-state index contributed by atoms with van der Waals surface area (Å²) in [5.74, 6) is -1.23. The van der Waals surface area contributed by atoms with Crippen molar-refractivity contribution in [2.45, 2.75) is 32.1 Å². The molecule has 0 aliphatic carbocycles. The van der Waals surface area contributed by atoms with E-state index in [-0.39, 0.29) is 23.7 Å². The molecule has 3 rings (SSSR count). The molecule has 178 valence electrons. The maximum atomic E-state index is 11.4. The maximum absolute atomic E-state index is 11.4. The van der Waals surface area contributed by atoms with Crippen LogP contribution in [0.3, 0.4) is 0 Å². The number of hydrogen-bond donors (Lipinski definition) is 2. The molecule has 0 heterocycles. The smallest absolute Gasteiger partial charge is 0.339 e. The van der Waals surface area contributed by atoms with Crippen molar-refractivity contribution in [1.82, 2.24) is 0 Å². The number of ether oxygens (including phenoxy) is 1. The van der Waals surface area contributed by atoms with Gasteiger partial charge < -0.3 is 15.2 Å². The van der Waals surface area contributed by atoms with Gasteiger partial charge in [-0.05, 0) is 67.1 Å². The molecule has 0 radical (unpaired) electrons. The molecule has 0 aliphatic heterocycles. The van der Waals surface area contributed by atoms with Crippen LogP contribution >= 0.6 is 23.2 Å². The number of hydrogen-bond acceptors (Lipinski definition) is 5. The van der Waals surface area contributed by atoms with Gasteiger partial charge >= 0.3 is 5.97 Å². The fraction of sp³-hybridized carbons (Fsp3) is 0.240. The largest absolute Gasteiger partial charge is 0.478 e. The Morgan fingerprint density at radius 1 is 0.912 bits per heavy atom. The van der Waals surface area contributed by atoms with Crippen molar-refractivity contribution in [1.29, 1.82) is 0 Å². The van der Waals surface area contributed by atoms with E-state index in [1.807, 2.05) is 42.5 Å². The number of halogens is 2. The Balaban J connectivity index is 1.40. The third-order valence-electron chi connectivity index (χ3n) is 5.28. The van der Waals surface area contributed by atoms with Gasteiger partial charge in [0, 0.05) is 17.8 Å². The number of anilines is 1. The van der Waals surface area contributed by atoms with Crippen LogP contribution in [-0.2, 0) is 12.8 Å². The fourth-order valence-corrected chi connectivity index (χ4v) is 3.76. The highest BCUT2D eigenvalue weighted by Gasteiger charge is 2.17. The second-order valence-electron chi connectivity index (χ2n) is 7.71. The number of carboxylic acids is 1. The summed E-state index contributed by atoms with van der Waals surface area (Å²) in [6.45, 7) is 0.0200. The molecule has 0 amide bonds. The van der Waals surface area contributed by atoms with E-state index in [1.54, 1.807) is 0 Å². The number of aryl methyl sites for hydroxylation is 2. The summed E-state index contributed by atoms with van der Waals surface area (Å²) in [6.07, 6.45) is 5.21. The van der Waals surface area contributed by atoms with Crippen LogP contribution in [0.4, 0.5) is 11.4 Å². The van der Waals surface area contributed by atoms with Gasteiger partial charge in [0.2, 0.25) is 0 Å². The lowest BCUT2D eigenvalue weighted by Crippen LogP contribution is -2.11. The number of nitro groups is 1. The van der Waals surface area contributed by atoms with Gasteiger partial charge in [0.1, 0.15) is 11.3 Å². The summed E-state index contributed by atoms with van der Waals surface area (Å²) < 4.78 is 5.48. The monoisotopic (exact) mass is 502 g/mol. The summed E-state index contributed by atoms with van der Waals surface area (Å²) in [5.41, 5.74) is 2.68. The molecular weight excluding hydrogens is 479 g/mol. The fourth-order valence-electron chi connectivity index (χ4n) is 3.44. The van der Waals surface area contributed by atoms with Gasteiger partial charge in [-0.3, -0.25) is 10.1 Å². The predicted molar refractivity (Wildman–Crippen MR) is 133 cm³/mol.